The summed E-state index contributed by atoms with van der Waals surface area (Å²) in [7, 11) is 0. The molecule has 0 spiro atoms. The summed E-state index contributed by atoms with van der Waals surface area (Å²) in [4.78, 5) is 24.7. The zero-order valence-electron chi connectivity index (χ0n) is 12.0. The maximum absolute atomic E-state index is 5.72. The van der Waals surface area contributed by atoms with Gasteiger partial charge in [-0.05, 0) is 12.8 Å². The van der Waals surface area contributed by atoms with E-state index in [-0.39, 0.29) is 23.8 Å². The van der Waals surface area contributed by atoms with E-state index in [2.05, 4.69) is 29.9 Å². The molecule has 0 saturated heterocycles. The minimum atomic E-state index is -0.616. The molecule has 2 heterocycles. The summed E-state index contributed by atoms with van der Waals surface area (Å²) in [6.45, 7) is 0. The molecule has 0 unspecified atom stereocenters. The molecule has 1 fully saturated rings. The zero-order chi connectivity index (χ0) is 15.7. The third kappa shape index (κ3) is 2.43. The predicted octanol–water partition coefficient (Wildman–Crippen LogP) is -0.364. The molecule has 0 aliphatic heterocycles. The van der Waals surface area contributed by atoms with Crippen molar-refractivity contribution >= 4 is 23.8 Å². The van der Waals surface area contributed by atoms with Crippen LogP contribution in [0.4, 0.5) is 23.8 Å². The zero-order valence-corrected chi connectivity index (χ0v) is 12.0. The van der Waals surface area contributed by atoms with E-state index in [1.165, 1.54) is 0 Å². The molecule has 8 N–H and O–H groups in total. The van der Waals surface area contributed by atoms with Crippen LogP contribution in [-0.2, 0) is 5.41 Å². The third-order valence-corrected chi connectivity index (χ3v) is 3.90. The highest BCUT2D eigenvalue weighted by molar-refractivity contribution is 5.36. The number of nitrogen functional groups attached to an aromatic ring is 4. The highest BCUT2D eigenvalue weighted by atomic mass is 15.2. The van der Waals surface area contributed by atoms with Gasteiger partial charge in [-0.25, -0.2) is 0 Å². The summed E-state index contributed by atoms with van der Waals surface area (Å²) in [6.07, 6.45) is 4.61. The normalized spacial score (nSPS) is 17.3. The number of rotatable bonds is 2. The van der Waals surface area contributed by atoms with Crippen LogP contribution in [0.5, 0.6) is 0 Å². The Bertz CT molecular complexity index is 600. The molecule has 0 bridgehead atoms. The van der Waals surface area contributed by atoms with Gasteiger partial charge in [-0.1, -0.05) is 19.3 Å². The standard InChI is InChI=1S/C12H18N10/c13-8-17-6(18-9(14)21-8)12(4-2-1-3-5-12)7-19-10(15)22-11(16)20-7/h1-5H2,(H4,13,14,17,18,21)(H4,15,16,19,20,22). The van der Waals surface area contributed by atoms with Crippen molar-refractivity contribution in [3.8, 4) is 0 Å². The number of nitrogens with two attached hydrogens (primary N) is 4. The molecular weight excluding hydrogens is 284 g/mol. The summed E-state index contributed by atoms with van der Waals surface area (Å²) < 4.78 is 0. The Hall–Kier alpha value is -2.78. The van der Waals surface area contributed by atoms with Crippen LogP contribution in [0.25, 0.3) is 0 Å². The molecule has 2 aromatic heterocycles. The molecule has 0 atom stereocenters. The molecular formula is C12H18N10. The molecule has 0 amide bonds. The number of aromatic nitrogens is 6. The van der Waals surface area contributed by atoms with Gasteiger partial charge in [0, 0.05) is 0 Å². The van der Waals surface area contributed by atoms with Crippen LogP contribution in [0.2, 0.25) is 0 Å². The van der Waals surface area contributed by atoms with Gasteiger partial charge in [0.15, 0.2) is 0 Å². The fourth-order valence-corrected chi connectivity index (χ4v) is 2.95. The van der Waals surface area contributed by atoms with Crippen molar-refractivity contribution in [3.63, 3.8) is 0 Å². The lowest BCUT2D eigenvalue weighted by atomic mass is 9.72. The van der Waals surface area contributed by atoms with Gasteiger partial charge in [0.2, 0.25) is 23.8 Å². The Morgan fingerprint density at radius 3 is 1.27 bits per heavy atom. The van der Waals surface area contributed by atoms with Crippen LogP contribution >= 0.6 is 0 Å². The lowest BCUT2D eigenvalue weighted by Crippen LogP contribution is -2.36. The van der Waals surface area contributed by atoms with Crippen molar-refractivity contribution in [3.05, 3.63) is 11.6 Å². The Balaban J connectivity index is 2.19. The van der Waals surface area contributed by atoms with Crippen LogP contribution in [0.15, 0.2) is 0 Å². The summed E-state index contributed by atoms with van der Waals surface area (Å²) in [6, 6.07) is 0. The van der Waals surface area contributed by atoms with Crippen molar-refractivity contribution < 1.29 is 0 Å². The van der Waals surface area contributed by atoms with E-state index in [1.807, 2.05) is 0 Å². The first-order valence-electron chi connectivity index (χ1n) is 7.05. The minimum Gasteiger partial charge on any atom is -0.368 e. The molecule has 0 aromatic carbocycles. The summed E-state index contributed by atoms with van der Waals surface area (Å²) in [5, 5.41) is 0. The van der Waals surface area contributed by atoms with Crippen molar-refractivity contribution in [2.45, 2.75) is 37.5 Å². The second kappa shape index (κ2) is 5.20. The largest absolute Gasteiger partial charge is 0.368 e. The SMILES string of the molecule is Nc1nc(N)nc(C2(c3nc(N)nc(N)n3)CCCCC2)n1. The number of anilines is 4. The van der Waals surface area contributed by atoms with Crippen LogP contribution in [0.3, 0.4) is 0 Å². The van der Waals surface area contributed by atoms with E-state index in [0.717, 1.165) is 32.1 Å². The highest BCUT2D eigenvalue weighted by Gasteiger charge is 2.42. The van der Waals surface area contributed by atoms with E-state index in [9.17, 15) is 0 Å². The second-order valence-electron chi connectivity index (χ2n) is 5.39. The maximum atomic E-state index is 5.72. The second-order valence-corrected chi connectivity index (χ2v) is 5.39. The van der Waals surface area contributed by atoms with Crippen LogP contribution in [0.1, 0.15) is 43.8 Å². The van der Waals surface area contributed by atoms with Gasteiger partial charge in [-0.3, -0.25) is 0 Å². The van der Waals surface area contributed by atoms with Crippen molar-refractivity contribution in [2.24, 2.45) is 0 Å². The van der Waals surface area contributed by atoms with E-state index < -0.39 is 5.41 Å². The molecule has 10 heteroatoms. The van der Waals surface area contributed by atoms with Crippen molar-refractivity contribution in [1.82, 2.24) is 29.9 Å². The minimum absolute atomic E-state index is 0.0717. The van der Waals surface area contributed by atoms with Gasteiger partial charge >= 0.3 is 0 Å². The monoisotopic (exact) mass is 302 g/mol. The molecule has 1 aliphatic carbocycles. The summed E-state index contributed by atoms with van der Waals surface area (Å²) in [5.41, 5.74) is 22.3. The Kier molecular flexibility index (Phi) is 3.35. The molecule has 2 aromatic rings. The Labute approximate surface area is 126 Å². The van der Waals surface area contributed by atoms with E-state index >= 15 is 0 Å². The molecule has 116 valence electrons. The average Bonchev–Trinajstić information content (AvgIpc) is 2.46. The molecule has 10 nitrogen and oxygen atoms in total. The smallest absolute Gasteiger partial charge is 0.225 e. The molecule has 0 radical (unpaired) electrons. The molecule has 22 heavy (non-hydrogen) atoms. The number of hydrogen-bond donors (Lipinski definition) is 4. The van der Waals surface area contributed by atoms with Gasteiger partial charge in [0.05, 0.1) is 5.41 Å². The quantitative estimate of drug-likeness (QED) is 0.571. The van der Waals surface area contributed by atoms with Gasteiger partial charge in [-0.15, -0.1) is 0 Å². The maximum Gasteiger partial charge on any atom is 0.225 e. The summed E-state index contributed by atoms with van der Waals surface area (Å²) in [5.74, 6) is 1.21. The average molecular weight is 302 g/mol. The predicted molar refractivity (Wildman–Crippen MR) is 81.2 cm³/mol. The van der Waals surface area contributed by atoms with Crippen molar-refractivity contribution in [1.29, 1.82) is 0 Å². The third-order valence-electron chi connectivity index (χ3n) is 3.90. The van der Waals surface area contributed by atoms with Crippen LogP contribution < -0.4 is 22.9 Å². The Morgan fingerprint density at radius 1 is 0.545 bits per heavy atom. The topological polar surface area (TPSA) is 181 Å². The lowest BCUT2D eigenvalue weighted by molar-refractivity contribution is 0.315. The fourth-order valence-electron chi connectivity index (χ4n) is 2.95. The van der Waals surface area contributed by atoms with Crippen LogP contribution in [0, 0.1) is 0 Å². The van der Waals surface area contributed by atoms with Gasteiger partial charge in [0.1, 0.15) is 11.6 Å². The molecule has 1 saturated carbocycles. The van der Waals surface area contributed by atoms with Crippen molar-refractivity contribution in [2.75, 3.05) is 22.9 Å². The van der Waals surface area contributed by atoms with Crippen LogP contribution in [-0.4, -0.2) is 29.9 Å². The Morgan fingerprint density at radius 2 is 0.909 bits per heavy atom. The first-order valence-corrected chi connectivity index (χ1v) is 7.05. The fraction of sp³-hybridized carbons (Fsp3) is 0.500. The van der Waals surface area contributed by atoms with E-state index in [4.69, 9.17) is 22.9 Å². The van der Waals surface area contributed by atoms with Gasteiger partial charge < -0.3 is 22.9 Å². The van der Waals surface area contributed by atoms with Gasteiger partial charge in [-0.2, -0.15) is 29.9 Å². The van der Waals surface area contributed by atoms with Gasteiger partial charge in [0.25, 0.3) is 0 Å². The molecule has 3 rings (SSSR count). The van der Waals surface area contributed by atoms with E-state index in [0.29, 0.717) is 11.6 Å². The summed E-state index contributed by atoms with van der Waals surface area (Å²) >= 11 is 0. The van der Waals surface area contributed by atoms with E-state index in [1.54, 1.807) is 0 Å². The first-order chi connectivity index (χ1) is 10.5. The number of nitrogens with zero attached hydrogens (tertiary/aromatic N) is 6. The lowest BCUT2D eigenvalue weighted by Gasteiger charge is -2.34. The highest BCUT2D eigenvalue weighted by Crippen LogP contribution is 2.42. The number of hydrogen-bond acceptors (Lipinski definition) is 10. The first kappa shape index (κ1) is 14.2. The molecule has 1 aliphatic rings.